The molecule has 0 heterocycles. The Morgan fingerprint density at radius 1 is 1.17 bits per heavy atom. The van der Waals surface area contributed by atoms with Gasteiger partial charge < -0.3 is 5.73 Å². The molecule has 0 saturated heterocycles. The van der Waals surface area contributed by atoms with E-state index in [4.69, 9.17) is 5.73 Å². The molecule has 0 aromatic rings. The molecule has 0 aromatic heterocycles. The van der Waals surface area contributed by atoms with E-state index >= 15 is 0 Å². The van der Waals surface area contributed by atoms with Crippen LogP contribution in [0.2, 0.25) is 0 Å². The summed E-state index contributed by atoms with van der Waals surface area (Å²) in [5.74, 6) is 1.12. The summed E-state index contributed by atoms with van der Waals surface area (Å²) < 4.78 is 0. The highest BCUT2D eigenvalue weighted by Crippen LogP contribution is 2.77. The lowest BCUT2D eigenvalue weighted by atomic mass is 9.30. The van der Waals surface area contributed by atoms with Crippen molar-refractivity contribution < 1.29 is 0 Å². The second-order valence-corrected chi connectivity index (χ2v) is 5.22. The van der Waals surface area contributed by atoms with Crippen molar-refractivity contribution in [3.63, 3.8) is 0 Å². The molecule has 0 amide bonds. The minimum atomic E-state index is 0. The quantitative estimate of drug-likeness (QED) is 0.706. The lowest BCUT2D eigenvalue weighted by Crippen LogP contribution is -2.68. The van der Waals surface area contributed by atoms with Crippen molar-refractivity contribution in [2.45, 2.75) is 38.5 Å². The van der Waals surface area contributed by atoms with Gasteiger partial charge in [-0.15, -0.1) is 12.4 Å². The summed E-state index contributed by atoms with van der Waals surface area (Å²) in [4.78, 5) is 0. The van der Waals surface area contributed by atoms with Gasteiger partial charge in [0.05, 0.1) is 0 Å². The van der Waals surface area contributed by atoms with Crippen LogP contribution in [0.4, 0.5) is 0 Å². The van der Waals surface area contributed by atoms with Crippen LogP contribution in [0.1, 0.15) is 38.5 Å². The second-order valence-electron chi connectivity index (χ2n) is 5.22. The van der Waals surface area contributed by atoms with Crippen molar-refractivity contribution in [3.8, 4) is 0 Å². The Balaban J connectivity index is 0.000000563. The zero-order valence-corrected chi connectivity index (χ0v) is 8.33. The van der Waals surface area contributed by atoms with Gasteiger partial charge in [-0.2, -0.15) is 0 Å². The second kappa shape index (κ2) is 2.39. The van der Waals surface area contributed by atoms with Crippen LogP contribution in [0, 0.1) is 16.7 Å². The SMILES string of the molecule is Cl.NCC12CC(C3CCC3)(C1)C2. The van der Waals surface area contributed by atoms with Gasteiger partial charge in [0, 0.05) is 0 Å². The summed E-state index contributed by atoms with van der Waals surface area (Å²) in [5, 5.41) is 0. The molecule has 0 atom stereocenters. The van der Waals surface area contributed by atoms with Gasteiger partial charge in [-0.05, 0) is 55.4 Å². The maximum absolute atomic E-state index is 5.72. The number of nitrogens with two attached hydrogens (primary N) is 1. The monoisotopic (exact) mass is 187 g/mol. The van der Waals surface area contributed by atoms with E-state index in [1.807, 2.05) is 0 Å². The van der Waals surface area contributed by atoms with E-state index in [2.05, 4.69) is 0 Å². The Kier molecular flexibility index (Phi) is 1.76. The van der Waals surface area contributed by atoms with Crippen LogP contribution in [-0.2, 0) is 0 Å². The maximum atomic E-state index is 5.72. The summed E-state index contributed by atoms with van der Waals surface area (Å²) in [7, 11) is 0. The van der Waals surface area contributed by atoms with Gasteiger partial charge >= 0.3 is 0 Å². The summed E-state index contributed by atoms with van der Waals surface area (Å²) in [6.07, 6.45) is 9.02. The smallest absolute Gasteiger partial charge is 0.00199 e. The minimum Gasteiger partial charge on any atom is -0.330 e. The summed E-state index contributed by atoms with van der Waals surface area (Å²) in [6, 6.07) is 0. The van der Waals surface area contributed by atoms with Gasteiger partial charge in [0.15, 0.2) is 0 Å². The van der Waals surface area contributed by atoms with Crippen molar-refractivity contribution in [3.05, 3.63) is 0 Å². The normalized spacial score (nSPS) is 49.8. The third-order valence-corrected chi connectivity index (χ3v) is 4.59. The third kappa shape index (κ3) is 0.793. The predicted molar refractivity (Wildman–Crippen MR) is 52.4 cm³/mol. The zero-order chi connectivity index (χ0) is 7.53. The molecule has 0 aliphatic heterocycles. The number of rotatable bonds is 2. The molecule has 2 heteroatoms. The molecule has 4 aliphatic carbocycles. The summed E-state index contributed by atoms with van der Waals surface area (Å²) in [6.45, 7) is 0.960. The van der Waals surface area contributed by atoms with Crippen LogP contribution in [0.3, 0.4) is 0 Å². The van der Waals surface area contributed by atoms with E-state index in [1.165, 1.54) is 38.5 Å². The van der Waals surface area contributed by atoms with Crippen LogP contribution in [0.25, 0.3) is 0 Å². The first-order chi connectivity index (χ1) is 5.29. The molecule has 4 fully saturated rings. The first kappa shape index (κ1) is 8.83. The largest absolute Gasteiger partial charge is 0.330 e. The van der Waals surface area contributed by atoms with Crippen molar-refractivity contribution in [2.75, 3.05) is 6.54 Å². The highest BCUT2D eigenvalue weighted by atomic mass is 35.5. The Morgan fingerprint density at radius 3 is 2.08 bits per heavy atom. The van der Waals surface area contributed by atoms with Gasteiger partial charge in [0.1, 0.15) is 0 Å². The van der Waals surface area contributed by atoms with Crippen molar-refractivity contribution >= 4 is 12.4 Å². The molecule has 12 heavy (non-hydrogen) atoms. The van der Waals surface area contributed by atoms with E-state index in [-0.39, 0.29) is 12.4 Å². The lowest BCUT2D eigenvalue weighted by Gasteiger charge is -2.75. The molecule has 0 unspecified atom stereocenters. The van der Waals surface area contributed by atoms with Crippen molar-refractivity contribution in [1.29, 1.82) is 0 Å². The van der Waals surface area contributed by atoms with Crippen LogP contribution in [0.5, 0.6) is 0 Å². The van der Waals surface area contributed by atoms with Gasteiger partial charge in [-0.1, -0.05) is 6.42 Å². The molecule has 1 nitrogen and oxygen atoms in total. The molecule has 0 radical (unpaired) electrons. The molecule has 0 aromatic carbocycles. The fourth-order valence-electron chi connectivity index (χ4n) is 3.76. The Labute approximate surface area is 80.5 Å². The van der Waals surface area contributed by atoms with Crippen LogP contribution in [0.15, 0.2) is 0 Å². The van der Waals surface area contributed by atoms with Crippen molar-refractivity contribution in [1.82, 2.24) is 0 Å². The van der Waals surface area contributed by atoms with E-state index in [9.17, 15) is 0 Å². The van der Waals surface area contributed by atoms with Gasteiger partial charge in [0.25, 0.3) is 0 Å². The molecular formula is C10H18ClN. The molecule has 0 spiro atoms. The van der Waals surface area contributed by atoms with E-state index in [1.54, 1.807) is 0 Å². The average molecular weight is 188 g/mol. The fourth-order valence-corrected chi connectivity index (χ4v) is 3.76. The molecule has 70 valence electrons. The third-order valence-electron chi connectivity index (χ3n) is 4.59. The zero-order valence-electron chi connectivity index (χ0n) is 7.51. The van der Waals surface area contributed by atoms with E-state index < -0.39 is 0 Å². The number of halogens is 1. The molecule has 2 N–H and O–H groups in total. The van der Waals surface area contributed by atoms with Gasteiger partial charge in [0.2, 0.25) is 0 Å². The highest BCUT2D eigenvalue weighted by molar-refractivity contribution is 5.85. The molecular weight excluding hydrogens is 170 g/mol. The Hall–Kier alpha value is 0.250. The topological polar surface area (TPSA) is 26.0 Å². The first-order valence-electron chi connectivity index (χ1n) is 4.99. The van der Waals surface area contributed by atoms with Crippen LogP contribution in [-0.4, -0.2) is 6.54 Å². The molecule has 2 bridgehead atoms. The van der Waals surface area contributed by atoms with E-state index in [0.29, 0.717) is 5.41 Å². The number of hydrogen-bond donors (Lipinski definition) is 1. The molecule has 4 saturated carbocycles. The fraction of sp³-hybridized carbons (Fsp3) is 1.00. The molecule has 4 aliphatic rings. The Bertz CT molecular complexity index is 178. The van der Waals surface area contributed by atoms with E-state index in [0.717, 1.165) is 17.9 Å². The summed E-state index contributed by atoms with van der Waals surface area (Å²) >= 11 is 0. The van der Waals surface area contributed by atoms with Gasteiger partial charge in [-0.3, -0.25) is 0 Å². The first-order valence-corrected chi connectivity index (χ1v) is 4.99. The Morgan fingerprint density at radius 2 is 1.75 bits per heavy atom. The lowest BCUT2D eigenvalue weighted by molar-refractivity contribution is -0.243. The standard InChI is InChI=1S/C10H17N.ClH/c11-7-9-4-10(5-9,6-9)8-2-1-3-8;/h8H,1-7,11H2;1H. The average Bonchev–Trinajstić information content (AvgIpc) is 1.68. The van der Waals surface area contributed by atoms with Crippen LogP contribution >= 0.6 is 12.4 Å². The molecule has 4 rings (SSSR count). The predicted octanol–water partition coefficient (Wildman–Crippen LogP) is 2.34. The summed E-state index contributed by atoms with van der Waals surface area (Å²) in [5.41, 5.74) is 7.23. The van der Waals surface area contributed by atoms with Crippen molar-refractivity contribution in [2.24, 2.45) is 22.5 Å². The minimum absolute atomic E-state index is 0. The highest BCUT2D eigenvalue weighted by Gasteiger charge is 2.69. The van der Waals surface area contributed by atoms with Gasteiger partial charge in [-0.25, -0.2) is 0 Å². The number of hydrogen-bond acceptors (Lipinski definition) is 1. The van der Waals surface area contributed by atoms with Crippen LogP contribution < -0.4 is 5.73 Å². The maximum Gasteiger partial charge on any atom is -0.00199 e.